The van der Waals surface area contributed by atoms with Crippen molar-refractivity contribution < 1.29 is 62.8 Å². The zero-order valence-corrected chi connectivity index (χ0v) is 23.8. The maximum absolute atomic E-state index is 11.9. The first-order chi connectivity index (χ1) is 17.1. The van der Waals surface area contributed by atoms with Gasteiger partial charge in [0.05, 0.1) is 11.1 Å². The molecule has 0 aliphatic heterocycles. The average Bonchev–Trinajstić information content (AvgIpc) is 3.29. The van der Waals surface area contributed by atoms with Crippen LogP contribution in [0.5, 0.6) is 11.5 Å². The van der Waals surface area contributed by atoms with Crippen molar-refractivity contribution >= 4 is 0 Å². The van der Waals surface area contributed by atoms with E-state index < -0.39 is 35.0 Å². The fraction of sp³-hybridized carbons (Fsp3) is 0.241. The van der Waals surface area contributed by atoms with Crippen molar-refractivity contribution in [2.45, 2.75) is 46.5 Å². The van der Waals surface area contributed by atoms with E-state index in [9.17, 15) is 26.3 Å². The van der Waals surface area contributed by atoms with Crippen LogP contribution < -0.4 is 0 Å². The number of benzene rings is 2. The molecule has 0 saturated heterocycles. The summed E-state index contributed by atoms with van der Waals surface area (Å²) in [5.41, 5.74) is 6.71. The predicted octanol–water partition coefficient (Wildman–Crippen LogP) is 8.77. The molecule has 0 saturated carbocycles. The quantitative estimate of drug-likeness (QED) is 0.175. The van der Waals surface area contributed by atoms with Crippen LogP contribution in [0.4, 0.5) is 26.3 Å². The number of hydrogen-bond acceptors (Lipinski definition) is 2. The summed E-state index contributed by atoms with van der Waals surface area (Å²) in [6, 6.07) is 17.7. The SMILES string of the molecule is Cc1cc[c-](C)c1Cc1c(C)cc[c-]1C.Oc1ccccc1C(F)(F)F.Oc1ccccc1C(F)(F)F.[Zr+2]. The van der Waals surface area contributed by atoms with E-state index in [2.05, 4.69) is 52.0 Å². The Morgan fingerprint density at radius 3 is 1.13 bits per heavy atom. The van der Waals surface area contributed by atoms with Crippen molar-refractivity contribution in [3.05, 3.63) is 117 Å². The molecule has 0 spiro atoms. The largest absolute Gasteiger partial charge is 2.00 e. The van der Waals surface area contributed by atoms with E-state index in [1.807, 2.05) is 0 Å². The Morgan fingerprint density at radius 1 is 0.605 bits per heavy atom. The molecule has 4 rings (SSSR count). The van der Waals surface area contributed by atoms with E-state index in [1.54, 1.807) is 0 Å². The minimum absolute atomic E-state index is 0. The van der Waals surface area contributed by atoms with Crippen LogP contribution in [0.2, 0.25) is 0 Å². The van der Waals surface area contributed by atoms with Gasteiger partial charge in [-0.05, 0) is 30.7 Å². The maximum Gasteiger partial charge on any atom is 2.00 e. The van der Waals surface area contributed by atoms with E-state index in [0.29, 0.717) is 0 Å². The first kappa shape index (κ1) is 33.2. The third-order valence-electron chi connectivity index (χ3n) is 5.84. The molecule has 0 unspecified atom stereocenters. The molecule has 0 amide bonds. The Labute approximate surface area is 237 Å². The summed E-state index contributed by atoms with van der Waals surface area (Å²) in [6.07, 6.45) is -7.84. The van der Waals surface area contributed by atoms with Crippen LogP contribution in [0.3, 0.4) is 0 Å². The fourth-order valence-electron chi connectivity index (χ4n) is 3.69. The normalized spacial score (nSPS) is 11.0. The van der Waals surface area contributed by atoms with Crippen molar-refractivity contribution in [1.82, 2.24) is 0 Å². The van der Waals surface area contributed by atoms with Gasteiger partial charge in [0.2, 0.25) is 0 Å². The second-order valence-corrected chi connectivity index (χ2v) is 8.56. The average molecular weight is 614 g/mol. The molecular weight excluding hydrogens is 586 g/mol. The molecule has 2 N–H and O–H groups in total. The van der Waals surface area contributed by atoms with Crippen LogP contribution in [-0.4, -0.2) is 10.2 Å². The molecule has 0 aromatic heterocycles. The molecule has 4 aromatic rings. The Balaban J connectivity index is 0.000000287. The molecule has 202 valence electrons. The van der Waals surface area contributed by atoms with Crippen LogP contribution in [0.1, 0.15) is 44.5 Å². The number of phenols is 2. The number of phenolic OH excluding ortho intramolecular Hbond substituents is 2. The molecule has 0 atom stereocenters. The summed E-state index contributed by atoms with van der Waals surface area (Å²) in [5.74, 6) is -1.47. The first-order valence-electron chi connectivity index (χ1n) is 11.3. The summed E-state index contributed by atoms with van der Waals surface area (Å²) in [6.45, 7) is 8.82. The number of aromatic hydroxyl groups is 2. The third kappa shape index (κ3) is 9.19. The number of aryl methyl sites for hydroxylation is 4. The monoisotopic (exact) mass is 612 g/mol. The van der Waals surface area contributed by atoms with Gasteiger partial charge in [-0.15, -0.1) is 0 Å². The summed E-state index contributed by atoms with van der Waals surface area (Å²) < 4.78 is 71.3. The smallest absolute Gasteiger partial charge is 0.507 e. The molecule has 4 aromatic carbocycles. The Bertz CT molecular complexity index is 1160. The van der Waals surface area contributed by atoms with Crippen LogP contribution in [-0.2, 0) is 45.0 Å². The van der Waals surface area contributed by atoms with E-state index in [4.69, 9.17) is 10.2 Å². The van der Waals surface area contributed by atoms with Crippen molar-refractivity contribution in [1.29, 1.82) is 0 Å². The van der Waals surface area contributed by atoms with Crippen molar-refractivity contribution in [2.75, 3.05) is 0 Å². The van der Waals surface area contributed by atoms with Gasteiger partial charge in [0.25, 0.3) is 0 Å². The minimum atomic E-state index is -4.47. The second kappa shape index (κ2) is 13.8. The molecule has 0 bridgehead atoms. The van der Waals surface area contributed by atoms with Crippen molar-refractivity contribution in [2.24, 2.45) is 0 Å². The summed E-state index contributed by atoms with van der Waals surface area (Å²) in [4.78, 5) is 0. The zero-order valence-electron chi connectivity index (χ0n) is 21.3. The predicted molar refractivity (Wildman–Crippen MR) is 132 cm³/mol. The van der Waals surface area contributed by atoms with Gasteiger partial charge in [0.15, 0.2) is 0 Å². The Hall–Kier alpha value is -2.80. The minimum Gasteiger partial charge on any atom is -0.507 e. The van der Waals surface area contributed by atoms with Gasteiger partial charge in [0.1, 0.15) is 11.5 Å². The summed E-state index contributed by atoms with van der Waals surface area (Å²) in [5, 5.41) is 17.5. The fourth-order valence-corrected chi connectivity index (χ4v) is 3.69. The number of halogens is 6. The van der Waals surface area contributed by atoms with Gasteiger partial charge in [-0.3, -0.25) is 0 Å². The van der Waals surface area contributed by atoms with Crippen LogP contribution in [0.15, 0.2) is 72.8 Å². The standard InChI is InChI=1S/C15H18.2C7H5F3O.Zr/c1-10-5-6-11(2)14(10)9-15-12(3)7-8-13(15)4;2*8-7(9,10)5-3-1-2-4-6(5)11;/h5-8H,9H2,1-4H3;2*1-4,11H;/q-2;;;+2. The molecule has 38 heavy (non-hydrogen) atoms. The van der Waals surface area contributed by atoms with Gasteiger partial charge < -0.3 is 10.2 Å². The van der Waals surface area contributed by atoms with Gasteiger partial charge in [0, 0.05) is 0 Å². The molecular formula is C29H28F6O2Zr. The van der Waals surface area contributed by atoms with E-state index >= 15 is 0 Å². The van der Waals surface area contributed by atoms with E-state index in [-0.39, 0.29) is 26.2 Å². The molecule has 0 aliphatic rings. The van der Waals surface area contributed by atoms with Crippen molar-refractivity contribution in [3.63, 3.8) is 0 Å². The van der Waals surface area contributed by atoms with Gasteiger partial charge in [-0.2, -0.15) is 71.9 Å². The first-order valence-corrected chi connectivity index (χ1v) is 11.3. The molecule has 0 aliphatic carbocycles. The molecule has 0 radical (unpaired) electrons. The second-order valence-electron chi connectivity index (χ2n) is 8.56. The van der Waals surface area contributed by atoms with Crippen LogP contribution in [0.25, 0.3) is 0 Å². The van der Waals surface area contributed by atoms with Crippen LogP contribution >= 0.6 is 0 Å². The number of rotatable bonds is 2. The van der Waals surface area contributed by atoms with E-state index in [1.165, 1.54) is 57.6 Å². The van der Waals surface area contributed by atoms with Gasteiger partial charge >= 0.3 is 38.6 Å². The maximum atomic E-state index is 11.9. The van der Waals surface area contributed by atoms with Crippen molar-refractivity contribution in [3.8, 4) is 11.5 Å². The number of alkyl halides is 6. The third-order valence-corrected chi connectivity index (χ3v) is 5.84. The summed E-state index contributed by atoms with van der Waals surface area (Å²) >= 11 is 0. The van der Waals surface area contributed by atoms with Gasteiger partial charge in [-0.1, -0.05) is 52.0 Å². The van der Waals surface area contributed by atoms with Gasteiger partial charge in [-0.25, -0.2) is 12.1 Å². The molecule has 0 fully saturated rings. The molecule has 2 nitrogen and oxygen atoms in total. The summed E-state index contributed by atoms with van der Waals surface area (Å²) in [7, 11) is 0. The Morgan fingerprint density at radius 2 is 0.921 bits per heavy atom. The zero-order chi connectivity index (χ0) is 28.0. The number of hydrogen-bond donors (Lipinski definition) is 2. The number of para-hydroxylation sites is 2. The topological polar surface area (TPSA) is 40.5 Å². The van der Waals surface area contributed by atoms with Crippen LogP contribution in [0, 0.1) is 27.7 Å². The molecule has 9 heteroatoms. The Kier molecular flexibility index (Phi) is 12.1. The van der Waals surface area contributed by atoms with E-state index in [0.717, 1.165) is 30.7 Å². The molecule has 0 heterocycles.